The average molecular weight is 488 g/mol. The Labute approximate surface area is 202 Å². The smallest absolute Gasteiger partial charge is 0.335 e. The van der Waals surface area contributed by atoms with E-state index in [1.54, 1.807) is 18.2 Å². The van der Waals surface area contributed by atoms with Gasteiger partial charge in [0.15, 0.2) is 0 Å². The highest BCUT2D eigenvalue weighted by Gasteiger charge is 2.24. The molecule has 1 heterocycles. The summed E-state index contributed by atoms with van der Waals surface area (Å²) in [6.45, 7) is 0. The van der Waals surface area contributed by atoms with Crippen LogP contribution in [-0.4, -0.2) is 36.1 Å². The SMILES string of the molecule is COc1ccc(-c2cc(-c3ccc(C(=O)O)cc3)nc3c2CCc2ccccc2-3)cc1S(=O)(=O)O. The molecule has 176 valence electrons. The van der Waals surface area contributed by atoms with E-state index < -0.39 is 16.1 Å². The highest BCUT2D eigenvalue weighted by atomic mass is 32.2. The largest absolute Gasteiger partial charge is 0.495 e. The van der Waals surface area contributed by atoms with Crippen LogP contribution in [0.4, 0.5) is 0 Å². The summed E-state index contributed by atoms with van der Waals surface area (Å²) in [7, 11) is -3.18. The van der Waals surface area contributed by atoms with Crippen molar-refractivity contribution in [2.45, 2.75) is 17.7 Å². The van der Waals surface area contributed by atoms with Crippen LogP contribution in [0.15, 0.2) is 77.7 Å². The van der Waals surface area contributed by atoms with Gasteiger partial charge in [-0.05, 0) is 65.4 Å². The van der Waals surface area contributed by atoms with E-state index in [-0.39, 0.29) is 16.2 Å². The van der Waals surface area contributed by atoms with Crippen LogP contribution in [-0.2, 0) is 23.0 Å². The Balaban J connectivity index is 1.77. The predicted octanol–water partition coefficient (Wildman–Crippen LogP) is 5.13. The Bertz CT molecular complexity index is 1580. The van der Waals surface area contributed by atoms with Crippen LogP contribution < -0.4 is 4.74 Å². The van der Waals surface area contributed by atoms with Crippen molar-refractivity contribution in [1.82, 2.24) is 4.98 Å². The van der Waals surface area contributed by atoms with E-state index in [4.69, 9.17) is 9.72 Å². The molecule has 0 amide bonds. The van der Waals surface area contributed by atoms with Crippen molar-refractivity contribution in [2.24, 2.45) is 0 Å². The minimum atomic E-state index is -4.52. The number of hydrogen-bond acceptors (Lipinski definition) is 5. The molecule has 35 heavy (non-hydrogen) atoms. The number of ether oxygens (including phenoxy) is 1. The van der Waals surface area contributed by atoms with Crippen molar-refractivity contribution in [2.75, 3.05) is 7.11 Å². The highest BCUT2D eigenvalue weighted by Crippen LogP contribution is 2.41. The lowest BCUT2D eigenvalue weighted by Crippen LogP contribution is -2.09. The standard InChI is InChI=1S/C27H21NO6S/c1-34-24-13-11-19(14-25(24)35(31,32)33)22-15-23(17-6-8-18(9-7-17)27(29)30)28-26-20-5-3-2-4-16(20)10-12-21(22)26/h2-9,11,13-15H,10,12H2,1H3,(H,29,30)(H,31,32,33). The summed E-state index contributed by atoms with van der Waals surface area (Å²) < 4.78 is 39.0. The van der Waals surface area contributed by atoms with E-state index in [0.717, 1.165) is 34.4 Å². The Kier molecular flexibility index (Phi) is 5.62. The summed E-state index contributed by atoms with van der Waals surface area (Å²) in [5.74, 6) is -0.963. The monoisotopic (exact) mass is 487 g/mol. The minimum absolute atomic E-state index is 0.0500. The number of nitrogens with zero attached hydrogens (tertiary/aromatic N) is 1. The van der Waals surface area contributed by atoms with Gasteiger partial charge in [-0.1, -0.05) is 42.5 Å². The fourth-order valence-corrected chi connectivity index (χ4v) is 5.19. The molecule has 7 nitrogen and oxygen atoms in total. The van der Waals surface area contributed by atoms with Crippen molar-refractivity contribution in [1.29, 1.82) is 0 Å². The lowest BCUT2D eigenvalue weighted by Gasteiger charge is -2.23. The topological polar surface area (TPSA) is 114 Å². The number of aryl methyl sites for hydroxylation is 1. The van der Waals surface area contributed by atoms with E-state index in [9.17, 15) is 22.9 Å². The summed E-state index contributed by atoms with van der Waals surface area (Å²) in [6.07, 6.45) is 1.52. The summed E-state index contributed by atoms with van der Waals surface area (Å²) in [5, 5.41) is 9.25. The number of rotatable bonds is 5. The molecule has 0 saturated heterocycles. The number of aromatic carboxylic acids is 1. The number of carbonyl (C=O) groups is 1. The fraction of sp³-hybridized carbons (Fsp3) is 0.111. The lowest BCUT2D eigenvalue weighted by molar-refractivity contribution is 0.0697. The molecule has 1 aliphatic carbocycles. The number of carboxylic acids is 1. The van der Waals surface area contributed by atoms with Gasteiger partial charge >= 0.3 is 5.97 Å². The van der Waals surface area contributed by atoms with Crippen LogP contribution in [0.2, 0.25) is 0 Å². The number of aromatic nitrogens is 1. The van der Waals surface area contributed by atoms with Gasteiger partial charge in [-0.3, -0.25) is 4.55 Å². The quantitative estimate of drug-likeness (QED) is 0.375. The number of benzene rings is 3. The van der Waals surface area contributed by atoms with Crippen molar-refractivity contribution in [3.05, 3.63) is 89.5 Å². The molecule has 8 heteroatoms. The summed E-state index contributed by atoms with van der Waals surface area (Å²) in [4.78, 5) is 15.9. The van der Waals surface area contributed by atoms with Crippen molar-refractivity contribution >= 4 is 16.1 Å². The van der Waals surface area contributed by atoms with Gasteiger partial charge in [0.25, 0.3) is 10.1 Å². The van der Waals surface area contributed by atoms with E-state index in [2.05, 4.69) is 6.07 Å². The predicted molar refractivity (Wildman–Crippen MR) is 131 cm³/mol. The zero-order valence-electron chi connectivity index (χ0n) is 18.7. The number of hydrogen-bond donors (Lipinski definition) is 2. The van der Waals surface area contributed by atoms with Gasteiger partial charge in [-0.15, -0.1) is 0 Å². The van der Waals surface area contributed by atoms with Gasteiger partial charge in [-0.25, -0.2) is 9.78 Å². The molecule has 4 aromatic rings. The fourth-order valence-electron chi connectivity index (χ4n) is 4.51. The molecular weight excluding hydrogens is 466 g/mol. The van der Waals surface area contributed by atoms with Crippen molar-refractivity contribution in [3.8, 4) is 39.4 Å². The molecule has 1 aliphatic rings. The molecule has 5 rings (SSSR count). The first kappa shape index (κ1) is 22.8. The third-order valence-corrected chi connectivity index (χ3v) is 7.10. The molecule has 1 aromatic heterocycles. The van der Waals surface area contributed by atoms with Gasteiger partial charge in [0.2, 0.25) is 0 Å². The number of fused-ring (bicyclic) bond motifs is 3. The first-order valence-electron chi connectivity index (χ1n) is 10.9. The Morgan fingerprint density at radius 2 is 1.63 bits per heavy atom. The second-order valence-corrected chi connectivity index (χ2v) is 9.65. The van der Waals surface area contributed by atoms with Crippen LogP contribution in [0, 0.1) is 0 Å². The lowest BCUT2D eigenvalue weighted by atomic mass is 9.84. The number of pyridine rings is 1. The maximum Gasteiger partial charge on any atom is 0.335 e. The molecule has 0 fully saturated rings. The van der Waals surface area contributed by atoms with E-state index in [1.807, 2.05) is 24.3 Å². The molecule has 0 aliphatic heterocycles. The molecule has 0 saturated carbocycles. The van der Waals surface area contributed by atoms with Gasteiger partial charge in [-0.2, -0.15) is 8.42 Å². The van der Waals surface area contributed by atoms with Crippen molar-refractivity contribution in [3.63, 3.8) is 0 Å². The molecule has 0 bridgehead atoms. The Morgan fingerprint density at radius 1 is 0.914 bits per heavy atom. The molecule has 0 unspecified atom stereocenters. The second kappa shape index (κ2) is 8.65. The highest BCUT2D eigenvalue weighted by molar-refractivity contribution is 7.86. The van der Waals surface area contributed by atoms with Crippen molar-refractivity contribution < 1.29 is 27.6 Å². The maximum atomic E-state index is 12.0. The van der Waals surface area contributed by atoms with E-state index >= 15 is 0 Å². The van der Waals surface area contributed by atoms with Crippen LogP contribution in [0.1, 0.15) is 21.5 Å². The Morgan fingerprint density at radius 3 is 2.31 bits per heavy atom. The molecular formula is C27H21NO6S. The zero-order chi connectivity index (χ0) is 24.7. The average Bonchev–Trinajstić information content (AvgIpc) is 2.87. The summed E-state index contributed by atoms with van der Waals surface area (Å²) in [6, 6.07) is 21.0. The minimum Gasteiger partial charge on any atom is -0.495 e. The molecule has 0 radical (unpaired) electrons. The summed E-state index contributed by atoms with van der Waals surface area (Å²) >= 11 is 0. The van der Waals surface area contributed by atoms with Gasteiger partial charge < -0.3 is 9.84 Å². The zero-order valence-corrected chi connectivity index (χ0v) is 19.5. The van der Waals surface area contributed by atoms with E-state index in [0.29, 0.717) is 17.7 Å². The molecule has 0 atom stereocenters. The number of carboxylic acid groups (broad SMARTS) is 1. The van der Waals surface area contributed by atoms with Crippen LogP contribution in [0.25, 0.3) is 33.6 Å². The van der Waals surface area contributed by atoms with Crippen LogP contribution in [0.3, 0.4) is 0 Å². The third kappa shape index (κ3) is 4.18. The van der Waals surface area contributed by atoms with Crippen LogP contribution >= 0.6 is 0 Å². The second-order valence-electron chi connectivity index (χ2n) is 8.26. The van der Waals surface area contributed by atoms with Crippen LogP contribution in [0.5, 0.6) is 5.75 Å². The van der Waals surface area contributed by atoms with E-state index in [1.165, 1.54) is 36.9 Å². The molecule has 0 spiro atoms. The van der Waals surface area contributed by atoms with Gasteiger partial charge in [0.1, 0.15) is 10.6 Å². The normalized spacial score (nSPS) is 12.5. The maximum absolute atomic E-state index is 12.0. The first-order chi connectivity index (χ1) is 16.8. The van der Waals surface area contributed by atoms with Gasteiger partial charge in [0.05, 0.1) is 24.1 Å². The molecule has 3 aromatic carbocycles. The third-order valence-electron chi connectivity index (χ3n) is 6.22. The Hall–Kier alpha value is -4.01. The molecule has 2 N–H and O–H groups in total. The first-order valence-corrected chi connectivity index (χ1v) is 12.3. The number of methoxy groups -OCH3 is 1. The summed E-state index contributed by atoms with van der Waals surface area (Å²) in [5.41, 5.74) is 6.85. The van der Waals surface area contributed by atoms with Gasteiger partial charge in [0, 0.05) is 11.1 Å².